The second-order valence-electron chi connectivity index (χ2n) is 7.16. The Bertz CT molecular complexity index is 524. The Hall–Kier alpha value is -1.11. The number of rotatable bonds is 7. The maximum Gasteiger partial charge on any atom is 0.191 e. The van der Waals surface area contributed by atoms with E-state index in [9.17, 15) is 0 Å². The Morgan fingerprint density at radius 2 is 2.16 bits per heavy atom. The topological polar surface area (TPSA) is 42.9 Å². The molecule has 140 valence electrons. The van der Waals surface area contributed by atoms with Gasteiger partial charge in [0.15, 0.2) is 5.96 Å². The summed E-state index contributed by atoms with van der Waals surface area (Å²) < 4.78 is 0. The first kappa shape index (κ1) is 18.7. The molecule has 2 atom stereocenters. The molecular formula is C19H33N5S. The van der Waals surface area contributed by atoms with Crippen LogP contribution in [0, 0.1) is 5.92 Å². The molecule has 1 aromatic heterocycles. The first-order chi connectivity index (χ1) is 12.3. The lowest BCUT2D eigenvalue weighted by Crippen LogP contribution is -2.44. The predicted octanol–water partition coefficient (Wildman–Crippen LogP) is 2.39. The van der Waals surface area contributed by atoms with Crippen LogP contribution in [0.4, 0.5) is 0 Å². The largest absolute Gasteiger partial charge is 0.356 e. The van der Waals surface area contributed by atoms with Gasteiger partial charge in [0.1, 0.15) is 0 Å². The summed E-state index contributed by atoms with van der Waals surface area (Å²) in [5.74, 6) is 1.68. The Labute approximate surface area is 156 Å². The Morgan fingerprint density at radius 1 is 1.32 bits per heavy atom. The summed E-state index contributed by atoms with van der Waals surface area (Å²) in [4.78, 5) is 11.0. The van der Waals surface area contributed by atoms with Crippen LogP contribution in [-0.4, -0.2) is 68.6 Å². The molecule has 0 amide bonds. The second kappa shape index (κ2) is 9.55. The van der Waals surface area contributed by atoms with E-state index in [-0.39, 0.29) is 0 Å². The van der Waals surface area contributed by atoms with Crippen LogP contribution < -0.4 is 10.6 Å². The molecule has 0 radical (unpaired) electrons. The summed E-state index contributed by atoms with van der Waals surface area (Å²) in [5, 5.41) is 9.30. The first-order valence-electron chi connectivity index (χ1n) is 9.74. The van der Waals surface area contributed by atoms with Gasteiger partial charge in [0.25, 0.3) is 0 Å². The van der Waals surface area contributed by atoms with Crippen molar-refractivity contribution in [2.75, 3.05) is 52.9 Å². The molecule has 5 nitrogen and oxygen atoms in total. The molecule has 2 fully saturated rings. The number of guanidine groups is 1. The highest BCUT2D eigenvalue weighted by molar-refractivity contribution is 7.10. The van der Waals surface area contributed by atoms with Crippen LogP contribution in [0.15, 0.2) is 22.5 Å². The van der Waals surface area contributed by atoms with Gasteiger partial charge in [-0.2, -0.15) is 0 Å². The van der Waals surface area contributed by atoms with E-state index in [1.807, 2.05) is 18.4 Å². The van der Waals surface area contributed by atoms with Gasteiger partial charge in [0.2, 0.25) is 0 Å². The predicted molar refractivity (Wildman–Crippen MR) is 107 cm³/mol. The van der Waals surface area contributed by atoms with E-state index in [2.05, 4.69) is 49.9 Å². The number of nitrogens with zero attached hydrogens (tertiary/aromatic N) is 3. The molecule has 25 heavy (non-hydrogen) atoms. The normalized spacial score (nSPS) is 23.9. The monoisotopic (exact) mass is 363 g/mol. The lowest BCUT2D eigenvalue weighted by molar-refractivity contribution is 0.249. The lowest BCUT2D eigenvalue weighted by Gasteiger charge is -2.27. The molecule has 6 heteroatoms. The first-order valence-corrected chi connectivity index (χ1v) is 10.6. The van der Waals surface area contributed by atoms with Crippen LogP contribution in [0.25, 0.3) is 0 Å². The van der Waals surface area contributed by atoms with Crippen LogP contribution >= 0.6 is 11.3 Å². The van der Waals surface area contributed by atoms with Crippen molar-refractivity contribution in [3.05, 3.63) is 22.4 Å². The van der Waals surface area contributed by atoms with Gasteiger partial charge in [-0.3, -0.25) is 9.89 Å². The van der Waals surface area contributed by atoms with Gasteiger partial charge >= 0.3 is 0 Å². The quantitative estimate of drug-likeness (QED) is 0.577. The molecule has 0 aromatic carbocycles. The van der Waals surface area contributed by atoms with Crippen molar-refractivity contribution in [2.24, 2.45) is 10.9 Å². The van der Waals surface area contributed by atoms with Gasteiger partial charge in [0, 0.05) is 31.6 Å². The zero-order valence-electron chi connectivity index (χ0n) is 15.7. The molecule has 2 saturated heterocycles. The van der Waals surface area contributed by atoms with Crippen molar-refractivity contribution in [1.29, 1.82) is 0 Å². The molecule has 0 saturated carbocycles. The molecule has 0 aliphatic carbocycles. The van der Waals surface area contributed by atoms with Crippen molar-refractivity contribution in [1.82, 2.24) is 20.4 Å². The highest BCUT2D eigenvalue weighted by Crippen LogP contribution is 2.27. The fraction of sp³-hybridized carbons (Fsp3) is 0.737. The van der Waals surface area contributed by atoms with Crippen molar-refractivity contribution in [3.8, 4) is 0 Å². The minimum atomic E-state index is 0.461. The fourth-order valence-electron chi connectivity index (χ4n) is 3.97. The third-order valence-corrected chi connectivity index (χ3v) is 6.49. The van der Waals surface area contributed by atoms with Crippen molar-refractivity contribution in [3.63, 3.8) is 0 Å². The molecule has 0 bridgehead atoms. The SMILES string of the molecule is CCN1CCC(CNC(=NC)NCC(c2cccs2)N2CCCC2)C1. The van der Waals surface area contributed by atoms with Crippen molar-refractivity contribution in [2.45, 2.75) is 32.2 Å². The van der Waals surface area contributed by atoms with Crippen molar-refractivity contribution >= 4 is 17.3 Å². The number of hydrogen-bond donors (Lipinski definition) is 2. The van der Waals surface area contributed by atoms with E-state index in [0.717, 1.165) is 25.0 Å². The molecular weight excluding hydrogens is 330 g/mol. The van der Waals surface area contributed by atoms with E-state index < -0.39 is 0 Å². The molecule has 0 spiro atoms. The summed E-state index contributed by atoms with van der Waals surface area (Å²) in [7, 11) is 1.87. The highest BCUT2D eigenvalue weighted by Gasteiger charge is 2.25. The molecule has 1 aromatic rings. The maximum absolute atomic E-state index is 4.43. The minimum absolute atomic E-state index is 0.461. The minimum Gasteiger partial charge on any atom is -0.356 e. The average Bonchev–Trinajstić information content (AvgIpc) is 3.40. The van der Waals surface area contributed by atoms with E-state index in [1.54, 1.807) is 0 Å². The van der Waals surface area contributed by atoms with Gasteiger partial charge in [0.05, 0.1) is 6.04 Å². The number of likely N-dealkylation sites (tertiary alicyclic amines) is 2. The second-order valence-corrected chi connectivity index (χ2v) is 8.14. The van der Waals surface area contributed by atoms with E-state index in [0.29, 0.717) is 6.04 Å². The lowest BCUT2D eigenvalue weighted by atomic mass is 10.1. The van der Waals surface area contributed by atoms with E-state index >= 15 is 0 Å². The number of thiophene rings is 1. The summed E-state index contributed by atoms with van der Waals surface area (Å²) >= 11 is 1.87. The molecule has 2 unspecified atom stereocenters. The maximum atomic E-state index is 4.43. The summed E-state index contributed by atoms with van der Waals surface area (Å²) in [6.07, 6.45) is 3.94. The Balaban J connectivity index is 1.48. The number of hydrogen-bond acceptors (Lipinski definition) is 4. The number of nitrogens with one attached hydrogen (secondary N) is 2. The van der Waals surface area contributed by atoms with E-state index in [4.69, 9.17) is 0 Å². The molecule has 2 N–H and O–H groups in total. The zero-order valence-corrected chi connectivity index (χ0v) is 16.5. The third-order valence-electron chi connectivity index (χ3n) is 5.51. The highest BCUT2D eigenvalue weighted by atomic mass is 32.1. The standard InChI is InChI=1S/C19H33N5S/c1-3-23-11-8-16(15-23)13-21-19(20-2)22-14-17(18-7-6-12-25-18)24-9-4-5-10-24/h6-7,12,16-17H,3-5,8-11,13-15H2,1-2H3,(H2,20,21,22). The van der Waals surface area contributed by atoms with E-state index in [1.165, 1.54) is 56.9 Å². The van der Waals surface area contributed by atoms with Gasteiger partial charge in [-0.25, -0.2) is 0 Å². The molecule has 3 rings (SSSR count). The molecule has 2 aliphatic rings. The van der Waals surface area contributed by atoms with Gasteiger partial charge in [-0.1, -0.05) is 13.0 Å². The van der Waals surface area contributed by atoms with Crippen LogP contribution in [0.5, 0.6) is 0 Å². The zero-order chi connectivity index (χ0) is 17.5. The summed E-state index contributed by atoms with van der Waals surface area (Å²) in [6, 6.07) is 4.89. The third kappa shape index (κ3) is 5.19. The Morgan fingerprint density at radius 3 is 2.80 bits per heavy atom. The molecule has 3 heterocycles. The average molecular weight is 364 g/mol. The molecule has 2 aliphatic heterocycles. The summed E-state index contributed by atoms with van der Waals surface area (Å²) in [6.45, 7) is 10.2. The van der Waals surface area contributed by atoms with Crippen molar-refractivity contribution < 1.29 is 0 Å². The van der Waals surface area contributed by atoms with Gasteiger partial charge in [-0.05, 0) is 62.8 Å². The van der Waals surface area contributed by atoms with Crippen LogP contribution in [0.3, 0.4) is 0 Å². The van der Waals surface area contributed by atoms with Crippen LogP contribution in [0.1, 0.15) is 37.1 Å². The van der Waals surface area contributed by atoms with Crippen LogP contribution in [0.2, 0.25) is 0 Å². The number of aliphatic imine (C=N–C) groups is 1. The van der Waals surface area contributed by atoms with Crippen LogP contribution in [-0.2, 0) is 0 Å². The van der Waals surface area contributed by atoms with Gasteiger partial charge < -0.3 is 15.5 Å². The smallest absolute Gasteiger partial charge is 0.191 e. The summed E-state index contributed by atoms with van der Waals surface area (Å²) in [5.41, 5.74) is 0. The Kier molecular flexibility index (Phi) is 7.13. The van der Waals surface area contributed by atoms with Gasteiger partial charge in [-0.15, -0.1) is 11.3 Å². The fourth-order valence-corrected chi connectivity index (χ4v) is 4.83.